The third-order valence-electron chi connectivity index (χ3n) is 3.75. The minimum absolute atomic E-state index is 0.0391. The van der Waals surface area contributed by atoms with Gasteiger partial charge in [0.25, 0.3) is 17.5 Å². The molecule has 3 rings (SSSR count). The van der Waals surface area contributed by atoms with Crippen LogP contribution in [0.3, 0.4) is 0 Å². The minimum Gasteiger partial charge on any atom is -0.467 e. The van der Waals surface area contributed by atoms with Crippen LogP contribution in [0.4, 0.5) is 11.4 Å². The fourth-order valence-electron chi connectivity index (χ4n) is 2.41. The summed E-state index contributed by atoms with van der Waals surface area (Å²) in [5, 5.41) is 16.3. The number of furan rings is 1. The topological polar surface area (TPSA) is 114 Å². The zero-order valence-corrected chi connectivity index (χ0v) is 14.0. The Morgan fingerprint density at radius 3 is 2.37 bits per heavy atom. The molecule has 0 aliphatic heterocycles. The van der Waals surface area contributed by atoms with Crippen LogP contribution in [0.5, 0.6) is 0 Å². The lowest BCUT2D eigenvalue weighted by molar-refractivity contribution is -0.385. The smallest absolute Gasteiger partial charge is 0.282 e. The molecule has 1 aromatic heterocycles. The number of carbonyl (C=O) groups is 2. The maximum absolute atomic E-state index is 12.3. The Balaban J connectivity index is 1.64. The van der Waals surface area contributed by atoms with E-state index in [-0.39, 0.29) is 23.7 Å². The number of hydrogen-bond donors (Lipinski definition) is 2. The molecule has 0 atom stereocenters. The fourth-order valence-corrected chi connectivity index (χ4v) is 2.41. The van der Waals surface area contributed by atoms with Gasteiger partial charge in [-0.15, -0.1) is 0 Å². The van der Waals surface area contributed by atoms with Crippen LogP contribution in [0.2, 0.25) is 0 Å². The van der Waals surface area contributed by atoms with Crippen molar-refractivity contribution in [3.05, 3.63) is 93.9 Å². The Bertz CT molecular complexity index is 965. The maximum Gasteiger partial charge on any atom is 0.282 e. The van der Waals surface area contributed by atoms with E-state index in [1.165, 1.54) is 24.5 Å². The molecule has 8 heteroatoms. The summed E-state index contributed by atoms with van der Waals surface area (Å²) < 4.78 is 5.14. The number of nitro benzene ring substituents is 1. The molecule has 1 heterocycles. The summed E-state index contributed by atoms with van der Waals surface area (Å²) in [4.78, 5) is 34.8. The van der Waals surface area contributed by atoms with Gasteiger partial charge < -0.3 is 15.1 Å². The highest BCUT2D eigenvalue weighted by molar-refractivity contribution is 6.07. The number of hydrogen-bond acceptors (Lipinski definition) is 5. The molecule has 27 heavy (non-hydrogen) atoms. The molecule has 136 valence electrons. The SMILES string of the molecule is O=C(NCc1ccco1)c1ccc(NC(=O)c2ccccc2[N+](=O)[O-])cc1. The highest BCUT2D eigenvalue weighted by atomic mass is 16.6. The molecule has 0 radical (unpaired) electrons. The normalized spacial score (nSPS) is 10.2. The zero-order valence-electron chi connectivity index (χ0n) is 14.0. The fraction of sp³-hybridized carbons (Fsp3) is 0.0526. The molecule has 8 nitrogen and oxygen atoms in total. The number of nitrogens with one attached hydrogen (secondary N) is 2. The molecule has 0 spiro atoms. The van der Waals surface area contributed by atoms with Gasteiger partial charge in [-0.2, -0.15) is 0 Å². The molecule has 0 fully saturated rings. The van der Waals surface area contributed by atoms with Crippen LogP contribution in [0.15, 0.2) is 71.3 Å². The van der Waals surface area contributed by atoms with Crippen molar-refractivity contribution < 1.29 is 18.9 Å². The summed E-state index contributed by atoms with van der Waals surface area (Å²) in [6.07, 6.45) is 1.52. The average Bonchev–Trinajstić information content (AvgIpc) is 3.20. The van der Waals surface area contributed by atoms with E-state index in [0.717, 1.165) is 0 Å². The highest BCUT2D eigenvalue weighted by Gasteiger charge is 2.19. The average molecular weight is 365 g/mol. The maximum atomic E-state index is 12.3. The molecule has 0 bridgehead atoms. The van der Waals surface area contributed by atoms with Crippen LogP contribution >= 0.6 is 0 Å². The Morgan fingerprint density at radius 1 is 0.963 bits per heavy atom. The molecule has 0 saturated carbocycles. The van der Waals surface area contributed by atoms with E-state index in [1.807, 2.05) is 0 Å². The second-order valence-electron chi connectivity index (χ2n) is 5.57. The zero-order chi connectivity index (χ0) is 19.2. The van der Waals surface area contributed by atoms with Crippen LogP contribution in [-0.2, 0) is 6.54 Å². The lowest BCUT2D eigenvalue weighted by Gasteiger charge is -2.07. The number of nitrogens with zero attached hydrogens (tertiary/aromatic N) is 1. The van der Waals surface area contributed by atoms with Gasteiger partial charge in [-0.25, -0.2) is 0 Å². The number of rotatable bonds is 6. The van der Waals surface area contributed by atoms with Gasteiger partial charge in [-0.05, 0) is 42.5 Å². The molecule has 0 unspecified atom stereocenters. The van der Waals surface area contributed by atoms with Gasteiger partial charge in [0.15, 0.2) is 0 Å². The third-order valence-corrected chi connectivity index (χ3v) is 3.75. The van der Waals surface area contributed by atoms with Gasteiger partial charge in [0.05, 0.1) is 17.7 Å². The minimum atomic E-state index is -0.610. The van der Waals surface area contributed by atoms with Gasteiger partial charge >= 0.3 is 0 Å². The van der Waals surface area contributed by atoms with Crippen LogP contribution in [-0.4, -0.2) is 16.7 Å². The Labute approximate surface area is 154 Å². The molecule has 2 amide bonds. The summed E-state index contributed by atoms with van der Waals surface area (Å²) in [6.45, 7) is 0.266. The Kier molecular flexibility index (Phi) is 5.27. The molecule has 0 aliphatic carbocycles. The van der Waals surface area contributed by atoms with Gasteiger partial charge in [-0.1, -0.05) is 12.1 Å². The van der Waals surface area contributed by atoms with Crippen LogP contribution in [0.25, 0.3) is 0 Å². The van der Waals surface area contributed by atoms with Gasteiger partial charge in [0, 0.05) is 17.3 Å². The summed E-state index contributed by atoms with van der Waals surface area (Å²) in [7, 11) is 0. The standard InChI is InChI=1S/C19H15N3O5/c23-18(20-12-15-4-3-11-27-15)13-7-9-14(10-8-13)21-19(24)16-5-1-2-6-17(16)22(25)26/h1-11H,12H2,(H,20,23)(H,21,24). The first-order valence-electron chi connectivity index (χ1n) is 8.00. The number of benzene rings is 2. The third kappa shape index (κ3) is 4.37. The van der Waals surface area contributed by atoms with E-state index in [4.69, 9.17) is 4.42 Å². The van der Waals surface area contributed by atoms with Crippen molar-refractivity contribution in [2.24, 2.45) is 0 Å². The predicted molar refractivity (Wildman–Crippen MR) is 97.4 cm³/mol. The predicted octanol–water partition coefficient (Wildman–Crippen LogP) is 3.37. The number of carbonyl (C=O) groups excluding carboxylic acids is 2. The lowest BCUT2D eigenvalue weighted by atomic mass is 10.1. The van der Waals surface area contributed by atoms with Gasteiger partial charge in [0.1, 0.15) is 11.3 Å². The van der Waals surface area contributed by atoms with E-state index in [1.54, 1.807) is 42.5 Å². The Hall–Kier alpha value is -3.94. The molecule has 0 aliphatic rings. The first-order valence-corrected chi connectivity index (χ1v) is 8.00. The quantitative estimate of drug-likeness (QED) is 0.513. The molecule has 0 saturated heterocycles. The van der Waals surface area contributed by atoms with E-state index in [2.05, 4.69) is 10.6 Å². The summed E-state index contributed by atoms with van der Waals surface area (Å²) >= 11 is 0. The first kappa shape index (κ1) is 17.9. The van der Waals surface area contributed by atoms with Crippen LogP contribution < -0.4 is 10.6 Å². The van der Waals surface area contributed by atoms with E-state index in [9.17, 15) is 19.7 Å². The van der Waals surface area contributed by atoms with Crippen molar-refractivity contribution in [3.63, 3.8) is 0 Å². The molecular formula is C19H15N3O5. The number of nitro groups is 1. The largest absolute Gasteiger partial charge is 0.467 e. The molecule has 3 aromatic rings. The molecule has 2 N–H and O–H groups in total. The van der Waals surface area contributed by atoms with E-state index >= 15 is 0 Å². The van der Waals surface area contributed by atoms with Gasteiger partial charge in [0.2, 0.25) is 0 Å². The summed E-state index contributed by atoms with van der Waals surface area (Å²) in [5.74, 6) is -0.253. The number of para-hydroxylation sites is 1. The first-order chi connectivity index (χ1) is 13.0. The van der Waals surface area contributed by atoms with Crippen LogP contribution in [0.1, 0.15) is 26.5 Å². The van der Waals surface area contributed by atoms with Crippen molar-refractivity contribution in [3.8, 4) is 0 Å². The van der Waals surface area contributed by atoms with Crippen molar-refractivity contribution in [2.75, 3.05) is 5.32 Å². The van der Waals surface area contributed by atoms with Crippen LogP contribution in [0, 0.1) is 10.1 Å². The van der Waals surface area contributed by atoms with Crippen molar-refractivity contribution in [1.29, 1.82) is 0 Å². The second kappa shape index (κ2) is 7.96. The molecular weight excluding hydrogens is 350 g/mol. The monoisotopic (exact) mass is 365 g/mol. The van der Waals surface area contributed by atoms with Crippen molar-refractivity contribution in [1.82, 2.24) is 5.32 Å². The lowest BCUT2D eigenvalue weighted by Crippen LogP contribution is -2.22. The van der Waals surface area contributed by atoms with E-state index < -0.39 is 10.8 Å². The van der Waals surface area contributed by atoms with Crippen molar-refractivity contribution >= 4 is 23.2 Å². The highest BCUT2D eigenvalue weighted by Crippen LogP contribution is 2.19. The summed E-state index contributed by atoms with van der Waals surface area (Å²) in [6, 6.07) is 15.4. The van der Waals surface area contributed by atoms with Crippen molar-refractivity contribution in [2.45, 2.75) is 6.54 Å². The number of amides is 2. The molecule has 2 aromatic carbocycles. The Morgan fingerprint density at radius 2 is 1.70 bits per heavy atom. The number of anilines is 1. The van der Waals surface area contributed by atoms with Gasteiger partial charge in [-0.3, -0.25) is 19.7 Å². The van der Waals surface area contributed by atoms with E-state index in [0.29, 0.717) is 17.0 Å². The summed E-state index contributed by atoms with van der Waals surface area (Å²) in [5.41, 5.74) is 0.512. The second-order valence-corrected chi connectivity index (χ2v) is 5.57.